The number of aryl methyl sites for hydroxylation is 1. The lowest BCUT2D eigenvalue weighted by atomic mass is 9.99. The minimum absolute atomic E-state index is 0.0869. The third-order valence-corrected chi connectivity index (χ3v) is 5.76. The Morgan fingerprint density at radius 2 is 1.71 bits per heavy atom. The second-order valence-electron chi connectivity index (χ2n) is 7.29. The lowest BCUT2D eigenvalue weighted by molar-refractivity contribution is -0.274. The van der Waals surface area contributed by atoms with Gasteiger partial charge in [-0.3, -0.25) is 14.5 Å². The Balaban J connectivity index is 1.85. The van der Waals surface area contributed by atoms with Crippen molar-refractivity contribution in [3.8, 4) is 5.75 Å². The topological polar surface area (TPSA) is 80.0 Å². The second-order valence-corrected chi connectivity index (χ2v) is 8.10. The van der Waals surface area contributed by atoms with E-state index < -0.39 is 35.6 Å². The van der Waals surface area contributed by atoms with Crippen molar-refractivity contribution in [2.75, 3.05) is 4.90 Å². The maximum absolute atomic E-state index is 13.0. The molecule has 1 aliphatic rings. The number of hydrogen-bond acceptors (Lipinski definition) is 5. The van der Waals surface area contributed by atoms with Gasteiger partial charge in [0.1, 0.15) is 29.1 Å². The Morgan fingerprint density at radius 3 is 2.26 bits per heavy atom. The number of carbonyl (C=O) groups excluding carboxylic acids is 2. The van der Waals surface area contributed by atoms with E-state index in [1.54, 1.807) is 13.0 Å². The molecular weight excluding hydrogens is 498 g/mol. The highest BCUT2D eigenvalue weighted by Gasteiger charge is 2.48. The Hall–Kier alpha value is -3.43. The van der Waals surface area contributed by atoms with E-state index in [1.807, 2.05) is 0 Å². The quantitative estimate of drug-likeness (QED) is 0.248. The molecule has 1 unspecified atom stereocenters. The van der Waals surface area contributed by atoms with Crippen molar-refractivity contribution >= 4 is 46.3 Å². The number of anilines is 1. The van der Waals surface area contributed by atoms with Gasteiger partial charge in [0.2, 0.25) is 0 Å². The zero-order valence-electron chi connectivity index (χ0n) is 17.2. The minimum atomic E-state index is -4.89. The highest BCUT2D eigenvalue weighted by atomic mass is 35.5. The van der Waals surface area contributed by atoms with Crippen molar-refractivity contribution in [1.82, 2.24) is 0 Å². The summed E-state index contributed by atoms with van der Waals surface area (Å²) in [6.45, 7) is 1.65. The van der Waals surface area contributed by atoms with Crippen LogP contribution in [0.25, 0.3) is 5.76 Å². The van der Waals surface area contributed by atoms with E-state index in [4.69, 9.17) is 27.6 Å². The van der Waals surface area contributed by atoms with E-state index in [0.717, 1.165) is 17.0 Å². The summed E-state index contributed by atoms with van der Waals surface area (Å²) in [6, 6.07) is 10.5. The fraction of sp³-hybridized carbons (Fsp3) is 0.130. The first kappa shape index (κ1) is 23.7. The van der Waals surface area contributed by atoms with E-state index in [1.165, 1.54) is 36.4 Å². The molecule has 0 saturated carbocycles. The van der Waals surface area contributed by atoms with E-state index in [2.05, 4.69) is 4.74 Å². The van der Waals surface area contributed by atoms with Gasteiger partial charge < -0.3 is 14.3 Å². The summed E-state index contributed by atoms with van der Waals surface area (Å²) in [5, 5.41) is 11.3. The van der Waals surface area contributed by atoms with Gasteiger partial charge >= 0.3 is 6.36 Å². The molecule has 0 radical (unpaired) electrons. The summed E-state index contributed by atoms with van der Waals surface area (Å²) in [7, 11) is 0. The standard InChI is InChI=1S/C23H14Cl2F3NO5/c1-11-2-9-17(33-11)19-18(20(30)12-3-8-15(24)16(25)10-12)21(31)22(32)29(19)13-4-6-14(7-5-13)34-23(26,27)28/h2-10,19,30H,1H3/b20-18-. The number of Topliss-reactive ketones (excluding diaryl/α,β-unsaturated/α-hetero) is 1. The first-order valence-corrected chi connectivity index (χ1v) is 10.4. The van der Waals surface area contributed by atoms with Crippen LogP contribution in [0.1, 0.15) is 23.1 Å². The van der Waals surface area contributed by atoms with Crippen LogP contribution in [0.4, 0.5) is 18.9 Å². The van der Waals surface area contributed by atoms with Gasteiger partial charge in [-0.25, -0.2) is 0 Å². The number of benzene rings is 2. The van der Waals surface area contributed by atoms with Gasteiger partial charge in [0.25, 0.3) is 11.7 Å². The van der Waals surface area contributed by atoms with Crippen LogP contribution in [-0.4, -0.2) is 23.2 Å². The number of nitrogens with zero attached hydrogens (tertiary/aromatic N) is 1. The highest BCUT2D eigenvalue weighted by molar-refractivity contribution is 6.51. The van der Waals surface area contributed by atoms with E-state index in [-0.39, 0.29) is 32.6 Å². The summed E-state index contributed by atoms with van der Waals surface area (Å²) in [6.07, 6.45) is -4.89. The SMILES string of the molecule is Cc1ccc(C2/C(=C(/O)c3ccc(Cl)c(Cl)c3)C(=O)C(=O)N2c2ccc(OC(F)(F)F)cc2)o1. The summed E-state index contributed by atoms with van der Waals surface area (Å²) in [4.78, 5) is 27.1. The number of rotatable bonds is 4. The van der Waals surface area contributed by atoms with E-state index in [9.17, 15) is 27.9 Å². The molecular formula is C23H14Cl2F3NO5. The molecule has 2 heterocycles. The molecule has 1 aliphatic heterocycles. The van der Waals surface area contributed by atoms with Gasteiger partial charge in [0.15, 0.2) is 0 Å². The fourth-order valence-electron chi connectivity index (χ4n) is 3.58. The Labute approximate surface area is 200 Å². The molecule has 1 N–H and O–H groups in total. The average Bonchev–Trinajstić information content (AvgIpc) is 3.30. The Bertz CT molecular complexity index is 1310. The molecule has 1 aromatic heterocycles. The van der Waals surface area contributed by atoms with E-state index in [0.29, 0.717) is 5.76 Å². The fourth-order valence-corrected chi connectivity index (χ4v) is 3.87. The summed E-state index contributed by atoms with van der Waals surface area (Å²) >= 11 is 12.0. The molecule has 176 valence electrons. The molecule has 1 amide bonds. The molecule has 0 spiro atoms. The van der Waals surface area contributed by atoms with Crippen LogP contribution in [0.5, 0.6) is 5.75 Å². The molecule has 3 aromatic rings. The summed E-state index contributed by atoms with van der Waals surface area (Å²) in [5.41, 5.74) is -0.0631. The molecule has 1 saturated heterocycles. The molecule has 2 aromatic carbocycles. The van der Waals surface area contributed by atoms with Crippen LogP contribution >= 0.6 is 23.2 Å². The van der Waals surface area contributed by atoms with Crippen LogP contribution in [0.3, 0.4) is 0 Å². The maximum atomic E-state index is 13.0. The van der Waals surface area contributed by atoms with Gasteiger partial charge in [-0.2, -0.15) is 0 Å². The lowest BCUT2D eigenvalue weighted by Gasteiger charge is -2.23. The third-order valence-electron chi connectivity index (χ3n) is 5.02. The number of aliphatic hydroxyl groups excluding tert-OH is 1. The van der Waals surface area contributed by atoms with Crippen molar-refractivity contribution in [3.63, 3.8) is 0 Å². The Morgan fingerprint density at radius 1 is 1.03 bits per heavy atom. The smallest absolute Gasteiger partial charge is 0.507 e. The molecule has 11 heteroatoms. The maximum Gasteiger partial charge on any atom is 0.573 e. The summed E-state index contributed by atoms with van der Waals surface area (Å²) < 4.78 is 47.0. The molecule has 1 fully saturated rings. The van der Waals surface area contributed by atoms with Crippen LogP contribution in [0.15, 0.2) is 64.6 Å². The van der Waals surface area contributed by atoms with Crippen LogP contribution < -0.4 is 9.64 Å². The second kappa shape index (κ2) is 8.73. The number of hydrogen-bond donors (Lipinski definition) is 1. The number of aliphatic hydroxyl groups is 1. The molecule has 0 bridgehead atoms. The molecule has 4 rings (SSSR count). The van der Waals surface area contributed by atoms with Crippen LogP contribution in [0, 0.1) is 6.92 Å². The lowest BCUT2D eigenvalue weighted by Crippen LogP contribution is -2.29. The zero-order chi connectivity index (χ0) is 24.8. The first-order valence-electron chi connectivity index (χ1n) is 9.65. The van der Waals surface area contributed by atoms with Crippen molar-refractivity contribution in [3.05, 3.63) is 87.3 Å². The molecule has 0 aliphatic carbocycles. The molecule has 34 heavy (non-hydrogen) atoms. The van der Waals surface area contributed by atoms with Crippen molar-refractivity contribution in [2.45, 2.75) is 19.3 Å². The van der Waals surface area contributed by atoms with Gasteiger partial charge in [-0.05, 0) is 61.5 Å². The predicted octanol–water partition coefficient (Wildman–Crippen LogP) is 6.42. The number of furan rings is 1. The van der Waals surface area contributed by atoms with Crippen molar-refractivity contribution < 1.29 is 37.0 Å². The first-order chi connectivity index (χ1) is 16.0. The molecule has 1 atom stereocenters. The highest BCUT2D eigenvalue weighted by Crippen LogP contribution is 2.43. The number of ketones is 1. The zero-order valence-corrected chi connectivity index (χ0v) is 18.7. The number of ether oxygens (including phenoxy) is 1. The van der Waals surface area contributed by atoms with Gasteiger partial charge in [0.05, 0.1) is 15.6 Å². The third kappa shape index (κ3) is 4.49. The molecule has 6 nitrogen and oxygen atoms in total. The van der Waals surface area contributed by atoms with Gasteiger partial charge in [-0.1, -0.05) is 23.2 Å². The number of carbonyl (C=O) groups is 2. The minimum Gasteiger partial charge on any atom is -0.507 e. The Kier molecular flexibility index (Phi) is 6.09. The van der Waals surface area contributed by atoms with Crippen molar-refractivity contribution in [1.29, 1.82) is 0 Å². The normalized spacial score (nSPS) is 17.9. The average molecular weight is 512 g/mol. The number of amides is 1. The predicted molar refractivity (Wildman–Crippen MR) is 118 cm³/mol. The van der Waals surface area contributed by atoms with E-state index >= 15 is 0 Å². The van der Waals surface area contributed by atoms with Gasteiger partial charge in [-0.15, -0.1) is 13.2 Å². The monoisotopic (exact) mass is 511 g/mol. The largest absolute Gasteiger partial charge is 0.573 e. The van der Waals surface area contributed by atoms with Crippen molar-refractivity contribution in [2.24, 2.45) is 0 Å². The van der Waals surface area contributed by atoms with Crippen LogP contribution in [0.2, 0.25) is 10.0 Å². The number of alkyl halides is 3. The number of halogens is 5. The summed E-state index contributed by atoms with van der Waals surface area (Å²) in [5.74, 6) is -2.41. The van der Waals surface area contributed by atoms with Crippen LogP contribution in [-0.2, 0) is 9.59 Å². The van der Waals surface area contributed by atoms with Gasteiger partial charge in [0, 0.05) is 11.3 Å².